The molecule has 62 valence electrons. The molecule has 0 radical (unpaired) electrons. The van der Waals surface area contributed by atoms with Gasteiger partial charge in [-0.1, -0.05) is 5.10 Å². The molecule has 1 aromatic rings. The van der Waals surface area contributed by atoms with Gasteiger partial charge in [-0.25, -0.2) is 4.79 Å². The SMILES string of the molecule is N#Cc1nnc(COC(N)=O)o1. The average Bonchev–Trinajstić information content (AvgIpc) is 2.48. The van der Waals surface area contributed by atoms with Crippen molar-refractivity contribution in [3.63, 3.8) is 0 Å². The maximum atomic E-state index is 10.1. The molecule has 0 aromatic carbocycles. The van der Waals surface area contributed by atoms with Gasteiger partial charge in [-0.05, 0) is 0 Å². The van der Waals surface area contributed by atoms with Crippen molar-refractivity contribution in [2.24, 2.45) is 5.73 Å². The largest absolute Gasteiger partial charge is 0.440 e. The van der Waals surface area contributed by atoms with Crippen LogP contribution in [0.5, 0.6) is 0 Å². The first-order valence-electron chi connectivity index (χ1n) is 2.87. The van der Waals surface area contributed by atoms with Crippen molar-refractivity contribution in [2.45, 2.75) is 6.61 Å². The average molecular weight is 168 g/mol. The highest BCUT2D eigenvalue weighted by atomic mass is 16.6. The normalized spacial score (nSPS) is 8.92. The van der Waals surface area contributed by atoms with Gasteiger partial charge in [-0.2, -0.15) is 5.26 Å². The second-order valence-corrected chi connectivity index (χ2v) is 1.72. The maximum absolute atomic E-state index is 10.1. The molecule has 1 amide bonds. The van der Waals surface area contributed by atoms with Gasteiger partial charge in [0.15, 0.2) is 12.7 Å². The Morgan fingerprint density at radius 3 is 3.00 bits per heavy atom. The lowest BCUT2D eigenvalue weighted by molar-refractivity contribution is 0.139. The van der Waals surface area contributed by atoms with Gasteiger partial charge in [0.25, 0.3) is 5.89 Å². The number of aromatic nitrogens is 2. The van der Waals surface area contributed by atoms with Crippen LogP contribution in [0.25, 0.3) is 0 Å². The third-order valence-corrected chi connectivity index (χ3v) is 0.900. The van der Waals surface area contributed by atoms with E-state index in [-0.39, 0.29) is 18.4 Å². The molecule has 2 N–H and O–H groups in total. The van der Waals surface area contributed by atoms with E-state index in [2.05, 4.69) is 25.1 Å². The minimum absolute atomic E-state index is 0.0327. The Balaban J connectivity index is 2.54. The lowest BCUT2D eigenvalue weighted by atomic mass is 10.7. The third kappa shape index (κ3) is 1.95. The van der Waals surface area contributed by atoms with E-state index in [1.54, 1.807) is 6.07 Å². The zero-order valence-electron chi connectivity index (χ0n) is 5.85. The van der Waals surface area contributed by atoms with Crippen LogP contribution in [0.15, 0.2) is 4.42 Å². The van der Waals surface area contributed by atoms with Crippen molar-refractivity contribution in [2.75, 3.05) is 0 Å². The van der Waals surface area contributed by atoms with Crippen LogP contribution in [0, 0.1) is 11.3 Å². The predicted octanol–water partition coefficient (Wildman–Crippen LogP) is -0.463. The molecule has 1 aromatic heterocycles. The Bertz CT molecular complexity index is 326. The lowest BCUT2D eigenvalue weighted by Crippen LogP contribution is -2.12. The van der Waals surface area contributed by atoms with Crippen LogP contribution >= 0.6 is 0 Å². The summed E-state index contributed by atoms with van der Waals surface area (Å²) in [6, 6.07) is 1.62. The topological polar surface area (TPSA) is 115 Å². The number of nitrogens with zero attached hydrogens (tertiary/aromatic N) is 3. The Hall–Kier alpha value is -2.10. The van der Waals surface area contributed by atoms with Crippen LogP contribution in [0.2, 0.25) is 0 Å². The van der Waals surface area contributed by atoms with Gasteiger partial charge in [0.2, 0.25) is 0 Å². The summed E-state index contributed by atoms with van der Waals surface area (Å²) in [4.78, 5) is 10.1. The van der Waals surface area contributed by atoms with Crippen molar-refractivity contribution in [3.05, 3.63) is 11.8 Å². The van der Waals surface area contributed by atoms with Crippen LogP contribution in [-0.2, 0) is 11.3 Å². The van der Waals surface area contributed by atoms with Gasteiger partial charge in [-0.3, -0.25) is 0 Å². The minimum Gasteiger partial charge on any atom is -0.440 e. The molecule has 7 heteroatoms. The van der Waals surface area contributed by atoms with Crippen LogP contribution in [0.4, 0.5) is 4.79 Å². The van der Waals surface area contributed by atoms with E-state index >= 15 is 0 Å². The minimum atomic E-state index is -0.938. The molecule has 0 saturated heterocycles. The Morgan fingerprint density at radius 1 is 1.75 bits per heavy atom. The third-order valence-electron chi connectivity index (χ3n) is 0.900. The highest BCUT2D eigenvalue weighted by Gasteiger charge is 2.05. The fourth-order valence-electron chi connectivity index (χ4n) is 0.490. The number of ether oxygens (including phenoxy) is 1. The molecule has 0 spiro atoms. The molecule has 1 rings (SSSR count). The fourth-order valence-corrected chi connectivity index (χ4v) is 0.490. The summed E-state index contributed by atoms with van der Waals surface area (Å²) in [5.41, 5.74) is 4.66. The first kappa shape index (κ1) is 8.00. The van der Waals surface area contributed by atoms with Gasteiger partial charge in [-0.15, -0.1) is 5.10 Å². The molecule has 0 fully saturated rings. The van der Waals surface area contributed by atoms with Crippen LogP contribution in [0.3, 0.4) is 0 Å². The highest BCUT2D eigenvalue weighted by molar-refractivity contribution is 5.64. The molecule has 0 saturated carbocycles. The van der Waals surface area contributed by atoms with Crippen molar-refractivity contribution in [1.29, 1.82) is 5.26 Å². The quantitative estimate of drug-likeness (QED) is 0.638. The van der Waals surface area contributed by atoms with Crippen LogP contribution in [0.1, 0.15) is 11.8 Å². The summed E-state index contributed by atoms with van der Waals surface area (Å²) in [5, 5.41) is 14.9. The molecule has 0 aliphatic carbocycles. The standard InChI is InChI=1S/C5H4N4O3/c6-1-3-8-9-4(12-3)2-11-5(7)10/h2H2,(H2,7,10). The molecule has 7 nitrogen and oxygen atoms in total. The van der Waals surface area contributed by atoms with Crippen LogP contribution < -0.4 is 5.73 Å². The highest BCUT2D eigenvalue weighted by Crippen LogP contribution is 1.99. The molecular formula is C5H4N4O3. The number of hydrogen-bond acceptors (Lipinski definition) is 6. The lowest BCUT2D eigenvalue weighted by Gasteiger charge is -1.93. The van der Waals surface area contributed by atoms with Crippen molar-refractivity contribution >= 4 is 6.09 Å². The molecule has 0 unspecified atom stereocenters. The number of rotatable bonds is 2. The second-order valence-electron chi connectivity index (χ2n) is 1.72. The number of hydrogen-bond donors (Lipinski definition) is 1. The van der Waals surface area contributed by atoms with Crippen molar-refractivity contribution in [3.8, 4) is 6.07 Å². The van der Waals surface area contributed by atoms with Crippen molar-refractivity contribution in [1.82, 2.24) is 10.2 Å². The number of primary amides is 1. The van der Waals surface area contributed by atoms with Gasteiger partial charge in [0.1, 0.15) is 0 Å². The Labute approximate surface area is 66.7 Å². The molecule has 12 heavy (non-hydrogen) atoms. The summed E-state index contributed by atoms with van der Waals surface area (Å²) in [7, 11) is 0. The zero-order chi connectivity index (χ0) is 8.97. The first-order chi connectivity index (χ1) is 5.72. The van der Waals surface area contributed by atoms with Gasteiger partial charge in [0.05, 0.1) is 0 Å². The number of carbonyl (C=O) groups excluding carboxylic acids is 1. The second kappa shape index (κ2) is 3.34. The van der Waals surface area contributed by atoms with Crippen LogP contribution in [-0.4, -0.2) is 16.3 Å². The number of nitrogens with two attached hydrogens (primary N) is 1. The molecule has 0 atom stereocenters. The maximum Gasteiger partial charge on any atom is 0.405 e. The Morgan fingerprint density at radius 2 is 2.50 bits per heavy atom. The number of amides is 1. The summed E-state index contributed by atoms with van der Waals surface area (Å²) >= 11 is 0. The van der Waals surface area contributed by atoms with Gasteiger partial charge < -0.3 is 14.9 Å². The monoisotopic (exact) mass is 168 g/mol. The van der Waals surface area contributed by atoms with E-state index in [4.69, 9.17) is 5.26 Å². The van der Waals surface area contributed by atoms with E-state index in [0.29, 0.717) is 0 Å². The fraction of sp³-hybridized carbons (Fsp3) is 0.200. The van der Waals surface area contributed by atoms with E-state index < -0.39 is 6.09 Å². The van der Waals surface area contributed by atoms with Gasteiger partial charge in [0, 0.05) is 0 Å². The Kier molecular flexibility index (Phi) is 2.23. The summed E-state index contributed by atoms with van der Waals surface area (Å²) in [6.07, 6.45) is -0.938. The van der Waals surface area contributed by atoms with E-state index in [9.17, 15) is 4.79 Å². The van der Waals surface area contributed by atoms with E-state index in [1.165, 1.54) is 0 Å². The molecule has 0 bridgehead atoms. The summed E-state index contributed by atoms with van der Waals surface area (Å²) in [6.45, 7) is -0.218. The summed E-state index contributed by atoms with van der Waals surface area (Å²) in [5.74, 6) is -0.150. The summed E-state index contributed by atoms with van der Waals surface area (Å²) < 4.78 is 8.99. The first-order valence-corrected chi connectivity index (χ1v) is 2.87. The molecule has 1 heterocycles. The molecule has 0 aliphatic rings. The smallest absolute Gasteiger partial charge is 0.405 e. The number of carbonyl (C=O) groups is 1. The molecule has 0 aliphatic heterocycles. The molecular weight excluding hydrogens is 164 g/mol. The zero-order valence-corrected chi connectivity index (χ0v) is 5.85. The van der Waals surface area contributed by atoms with Gasteiger partial charge >= 0.3 is 12.0 Å². The predicted molar refractivity (Wildman–Crippen MR) is 33.4 cm³/mol. The number of nitriles is 1. The van der Waals surface area contributed by atoms with E-state index in [1.807, 2.05) is 0 Å². The van der Waals surface area contributed by atoms with Crippen molar-refractivity contribution < 1.29 is 13.9 Å². The van der Waals surface area contributed by atoms with E-state index in [0.717, 1.165) is 0 Å².